The fraction of sp³-hybridized carbons (Fsp3) is 0.0714. The standard InChI is InChI=1S/C14H11NS/c1-11-4-2-3-5-14(11)13(9-15)8-12-6-7-16-10-12/h2-8,10H,1H3/b13-8+. The highest BCUT2D eigenvalue weighted by Crippen LogP contribution is 2.21. The summed E-state index contributed by atoms with van der Waals surface area (Å²) in [6.07, 6.45) is 1.93. The number of thiophene rings is 1. The zero-order chi connectivity index (χ0) is 11.4. The lowest BCUT2D eigenvalue weighted by Gasteiger charge is -2.02. The molecule has 0 fully saturated rings. The molecule has 1 nitrogen and oxygen atoms in total. The highest BCUT2D eigenvalue weighted by atomic mass is 32.1. The smallest absolute Gasteiger partial charge is 0.0998 e. The maximum absolute atomic E-state index is 9.19. The summed E-state index contributed by atoms with van der Waals surface area (Å²) in [7, 11) is 0. The lowest BCUT2D eigenvalue weighted by molar-refractivity contribution is 1.42. The summed E-state index contributed by atoms with van der Waals surface area (Å²) in [5, 5.41) is 13.2. The third-order valence-corrected chi connectivity index (χ3v) is 3.11. The number of rotatable bonds is 2. The van der Waals surface area contributed by atoms with Crippen LogP contribution in [0.2, 0.25) is 0 Å². The van der Waals surface area contributed by atoms with Gasteiger partial charge >= 0.3 is 0 Å². The molecule has 2 rings (SSSR count). The molecule has 0 N–H and O–H groups in total. The second kappa shape index (κ2) is 4.78. The molecule has 1 heterocycles. The Bertz CT molecular complexity index is 544. The fourth-order valence-corrected chi connectivity index (χ4v) is 2.19. The Balaban J connectivity index is 2.46. The molecule has 0 spiro atoms. The van der Waals surface area contributed by atoms with Crippen molar-refractivity contribution < 1.29 is 0 Å². The lowest BCUT2D eigenvalue weighted by Crippen LogP contribution is -1.85. The highest BCUT2D eigenvalue weighted by molar-refractivity contribution is 7.08. The molecule has 0 radical (unpaired) electrons. The summed E-state index contributed by atoms with van der Waals surface area (Å²) >= 11 is 1.64. The molecule has 1 aromatic heterocycles. The average molecular weight is 225 g/mol. The van der Waals surface area contributed by atoms with Crippen molar-refractivity contribution in [3.8, 4) is 6.07 Å². The number of hydrogen-bond donors (Lipinski definition) is 0. The Labute approximate surface area is 99.3 Å². The van der Waals surface area contributed by atoms with Crippen LogP contribution in [-0.4, -0.2) is 0 Å². The van der Waals surface area contributed by atoms with E-state index in [0.29, 0.717) is 0 Å². The van der Waals surface area contributed by atoms with E-state index < -0.39 is 0 Å². The maximum atomic E-state index is 9.19. The van der Waals surface area contributed by atoms with Gasteiger partial charge in [-0.25, -0.2) is 0 Å². The van der Waals surface area contributed by atoms with Gasteiger partial charge in [-0.05, 0) is 46.5 Å². The van der Waals surface area contributed by atoms with Crippen molar-refractivity contribution in [2.75, 3.05) is 0 Å². The van der Waals surface area contributed by atoms with E-state index in [1.54, 1.807) is 11.3 Å². The molecule has 0 aliphatic heterocycles. The molecule has 0 saturated heterocycles. The predicted molar refractivity (Wildman–Crippen MR) is 69.0 cm³/mol. The summed E-state index contributed by atoms with van der Waals surface area (Å²) in [5.41, 5.74) is 3.95. The van der Waals surface area contributed by atoms with Gasteiger partial charge in [-0.15, -0.1) is 0 Å². The number of allylic oxidation sites excluding steroid dienone is 1. The molecule has 2 heteroatoms. The average Bonchev–Trinajstić information content (AvgIpc) is 2.80. The van der Waals surface area contributed by atoms with Crippen LogP contribution >= 0.6 is 11.3 Å². The van der Waals surface area contributed by atoms with Crippen molar-refractivity contribution in [2.24, 2.45) is 0 Å². The van der Waals surface area contributed by atoms with Crippen molar-refractivity contribution in [3.63, 3.8) is 0 Å². The van der Waals surface area contributed by atoms with E-state index in [4.69, 9.17) is 0 Å². The van der Waals surface area contributed by atoms with Gasteiger partial charge in [0.1, 0.15) is 0 Å². The third kappa shape index (κ3) is 2.21. The van der Waals surface area contributed by atoms with Crippen LogP contribution in [0.1, 0.15) is 16.7 Å². The Morgan fingerprint density at radius 3 is 2.75 bits per heavy atom. The van der Waals surface area contributed by atoms with Gasteiger partial charge in [0, 0.05) is 0 Å². The fourth-order valence-electron chi connectivity index (χ4n) is 1.57. The molecule has 0 atom stereocenters. The molecule has 0 amide bonds. The van der Waals surface area contributed by atoms with E-state index in [1.807, 2.05) is 54.1 Å². The summed E-state index contributed by atoms with van der Waals surface area (Å²) in [6, 6.07) is 12.2. The topological polar surface area (TPSA) is 23.8 Å². The summed E-state index contributed by atoms with van der Waals surface area (Å²) < 4.78 is 0. The van der Waals surface area contributed by atoms with Gasteiger partial charge in [0.15, 0.2) is 0 Å². The molecular weight excluding hydrogens is 214 g/mol. The quantitative estimate of drug-likeness (QED) is 0.705. The first-order valence-corrected chi connectivity index (χ1v) is 5.95. The Kier molecular flexibility index (Phi) is 3.19. The van der Waals surface area contributed by atoms with Gasteiger partial charge in [-0.2, -0.15) is 16.6 Å². The minimum absolute atomic E-state index is 0.719. The van der Waals surface area contributed by atoms with Crippen LogP contribution in [0.4, 0.5) is 0 Å². The molecule has 78 valence electrons. The molecule has 0 aliphatic carbocycles. The molecule has 16 heavy (non-hydrogen) atoms. The second-order valence-electron chi connectivity index (χ2n) is 3.54. The maximum Gasteiger partial charge on any atom is 0.0998 e. The third-order valence-electron chi connectivity index (χ3n) is 2.41. The van der Waals surface area contributed by atoms with Gasteiger partial charge in [0.25, 0.3) is 0 Å². The van der Waals surface area contributed by atoms with E-state index in [0.717, 1.165) is 22.3 Å². The highest BCUT2D eigenvalue weighted by Gasteiger charge is 2.03. The van der Waals surface area contributed by atoms with Crippen molar-refractivity contribution in [2.45, 2.75) is 6.92 Å². The van der Waals surface area contributed by atoms with Gasteiger partial charge in [0.2, 0.25) is 0 Å². The van der Waals surface area contributed by atoms with Crippen LogP contribution in [0.15, 0.2) is 41.1 Å². The Morgan fingerprint density at radius 2 is 2.12 bits per heavy atom. The van der Waals surface area contributed by atoms with Crippen molar-refractivity contribution in [1.82, 2.24) is 0 Å². The molecule has 0 saturated carbocycles. The van der Waals surface area contributed by atoms with Crippen LogP contribution in [-0.2, 0) is 0 Å². The van der Waals surface area contributed by atoms with Crippen LogP contribution in [0.25, 0.3) is 11.6 Å². The molecule has 0 unspecified atom stereocenters. The van der Waals surface area contributed by atoms with Crippen LogP contribution in [0.5, 0.6) is 0 Å². The summed E-state index contributed by atoms with van der Waals surface area (Å²) in [5.74, 6) is 0. The summed E-state index contributed by atoms with van der Waals surface area (Å²) in [4.78, 5) is 0. The predicted octanol–water partition coefficient (Wildman–Crippen LogP) is 4.12. The van der Waals surface area contributed by atoms with Crippen LogP contribution in [0.3, 0.4) is 0 Å². The zero-order valence-corrected chi connectivity index (χ0v) is 9.79. The van der Waals surface area contributed by atoms with Gasteiger partial charge < -0.3 is 0 Å². The van der Waals surface area contributed by atoms with E-state index in [1.165, 1.54) is 0 Å². The van der Waals surface area contributed by atoms with E-state index in [9.17, 15) is 5.26 Å². The minimum atomic E-state index is 0.719. The molecule has 0 aliphatic rings. The van der Waals surface area contributed by atoms with Crippen LogP contribution in [0, 0.1) is 18.3 Å². The molecular formula is C14H11NS. The van der Waals surface area contributed by atoms with Crippen molar-refractivity contribution >= 4 is 23.0 Å². The first-order chi connectivity index (χ1) is 7.81. The van der Waals surface area contributed by atoms with Gasteiger partial charge in [-0.1, -0.05) is 24.3 Å². The van der Waals surface area contributed by atoms with Gasteiger partial charge in [0.05, 0.1) is 11.6 Å². The second-order valence-corrected chi connectivity index (χ2v) is 4.32. The van der Waals surface area contributed by atoms with E-state index >= 15 is 0 Å². The number of nitriles is 1. The van der Waals surface area contributed by atoms with Gasteiger partial charge in [-0.3, -0.25) is 0 Å². The largest absolute Gasteiger partial charge is 0.192 e. The normalized spacial score (nSPS) is 11.1. The molecule has 2 aromatic rings. The molecule has 0 bridgehead atoms. The summed E-state index contributed by atoms with van der Waals surface area (Å²) in [6.45, 7) is 2.02. The number of aryl methyl sites for hydroxylation is 1. The van der Waals surface area contributed by atoms with Crippen LogP contribution < -0.4 is 0 Å². The van der Waals surface area contributed by atoms with Crippen molar-refractivity contribution in [1.29, 1.82) is 5.26 Å². The van der Waals surface area contributed by atoms with E-state index in [-0.39, 0.29) is 0 Å². The first kappa shape index (κ1) is 10.7. The Morgan fingerprint density at radius 1 is 1.31 bits per heavy atom. The number of hydrogen-bond acceptors (Lipinski definition) is 2. The Hall–Kier alpha value is -1.85. The SMILES string of the molecule is Cc1ccccc1/C(C#N)=C/c1ccsc1. The van der Waals surface area contributed by atoms with Crippen molar-refractivity contribution in [3.05, 3.63) is 57.8 Å². The lowest BCUT2D eigenvalue weighted by atomic mass is 10.0. The first-order valence-electron chi connectivity index (χ1n) is 5.01. The molecule has 1 aromatic carbocycles. The zero-order valence-electron chi connectivity index (χ0n) is 8.97. The number of nitrogens with zero attached hydrogens (tertiary/aromatic N) is 1. The minimum Gasteiger partial charge on any atom is -0.192 e. The number of benzene rings is 1. The monoisotopic (exact) mass is 225 g/mol. The van der Waals surface area contributed by atoms with E-state index in [2.05, 4.69) is 6.07 Å².